The minimum Gasteiger partial charge on any atom is -0.450 e. The van der Waals surface area contributed by atoms with Crippen molar-refractivity contribution in [3.63, 3.8) is 0 Å². The summed E-state index contributed by atoms with van der Waals surface area (Å²) in [5, 5.41) is 5.07. The molecule has 0 aliphatic heterocycles. The Labute approximate surface area is 95.7 Å². The maximum atomic E-state index is 11.2. The Balaban J connectivity index is 4.17. The number of nitrogens with one attached hydrogen (secondary N) is 2. The fraction of sp³-hybridized carbons (Fsp3) is 0.800. The van der Waals surface area contributed by atoms with Gasteiger partial charge in [0.1, 0.15) is 6.17 Å². The van der Waals surface area contributed by atoms with Crippen LogP contribution in [0.15, 0.2) is 0 Å². The summed E-state index contributed by atoms with van der Waals surface area (Å²) < 4.78 is 9.44. The third kappa shape index (κ3) is 6.10. The highest BCUT2D eigenvalue weighted by Crippen LogP contribution is 1.99. The predicted molar refractivity (Wildman–Crippen MR) is 58.9 cm³/mol. The minimum atomic E-state index is -0.557. The number of carbonyl (C=O) groups is 2. The summed E-state index contributed by atoms with van der Waals surface area (Å²) in [6.45, 7) is 7.73. The first-order valence-corrected chi connectivity index (χ1v) is 5.37. The van der Waals surface area contributed by atoms with Crippen LogP contribution in [0.3, 0.4) is 0 Å². The van der Waals surface area contributed by atoms with Gasteiger partial charge in [-0.2, -0.15) is 0 Å². The van der Waals surface area contributed by atoms with Crippen molar-refractivity contribution in [2.75, 3.05) is 13.2 Å². The third-order valence-corrected chi connectivity index (χ3v) is 1.76. The topological polar surface area (TPSA) is 76.7 Å². The molecule has 0 aromatic rings. The van der Waals surface area contributed by atoms with Crippen LogP contribution < -0.4 is 10.6 Å². The van der Waals surface area contributed by atoms with E-state index in [9.17, 15) is 9.59 Å². The van der Waals surface area contributed by atoms with Crippen LogP contribution >= 0.6 is 0 Å². The Hall–Kier alpha value is -1.46. The van der Waals surface area contributed by atoms with Crippen LogP contribution in [0.25, 0.3) is 0 Å². The van der Waals surface area contributed by atoms with Gasteiger partial charge in [0.05, 0.1) is 13.2 Å². The van der Waals surface area contributed by atoms with E-state index in [2.05, 4.69) is 10.6 Å². The highest BCUT2D eigenvalue weighted by atomic mass is 16.6. The molecule has 0 atom stereocenters. The summed E-state index contributed by atoms with van der Waals surface area (Å²) in [4.78, 5) is 22.3. The molecule has 0 bridgehead atoms. The van der Waals surface area contributed by atoms with Gasteiger partial charge in [-0.05, 0) is 19.8 Å². The molecule has 0 unspecified atom stereocenters. The summed E-state index contributed by atoms with van der Waals surface area (Å²) in [6.07, 6.45) is -1.62. The standard InChI is InChI=1S/C10H20N2O4/c1-5-15-9(13)11-8(7(3)4)12-10(14)16-6-2/h7-8H,5-6H2,1-4H3,(H,11,13)(H,12,14). The second kappa shape index (κ2) is 7.78. The second-order valence-electron chi connectivity index (χ2n) is 3.45. The van der Waals surface area contributed by atoms with E-state index >= 15 is 0 Å². The summed E-state index contributed by atoms with van der Waals surface area (Å²) in [5.41, 5.74) is 0. The minimum absolute atomic E-state index is 0.0359. The molecular weight excluding hydrogens is 212 g/mol. The predicted octanol–water partition coefficient (Wildman–Crippen LogP) is 1.46. The van der Waals surface area contributed by atoms with E-state index in [1.807, 2.05) is 13.8 Å². The van der Waals surface area contributed by atoms with Gasteiger partial charge in [-0.15, -0.1) is 0 Å². The van der Waals surface area contributed by atoms with Gasteiger partial charge in [0.2, 0.25) is 0 Å². The summed E-state index contributed by atoms with van der Waals surface area (Å²) >= 11 is 0. The zero-order chi connectivity index (χ0) is 12.6. The van der Waals surface area contributed by atoms with Crippen molar-refractivity contribution in [2.24, 2.45) is 5.92 Å². The summed E-state index contributed by atoms with van der Waals surface area (Å²) in [6, 6.07) is 0. The molecule has 0 aliphatic rings. The molecule has 0 fully saturated rings. The van der Waals surface area contributed by atoms with Gasteiger partial charge in [-0.1, -0.05) is 13.8 Å². The monoisotopic (exact) mass is 232 g/mol. The first-order chi connectivity index (χ1) is 7.51. The first-order valence-electron chi connectivity index (χ1n) is 5.37. The van der Waals surface area contributed by atoms with E-state index in [-0.39, 0.29) is 19.1 Å². The molecule has 0 rings (SSSR count). The van der Waals surface area contributed by atoms with Gasteiger partial charge in [0, 0.05) is 0 Å². The van der Waals surface area contributed by atoms with Crippen LogP contribution in [0.2, 0.25) is 0 Å². The fourth-order valence-corrected chi connectivity index (χ4v) is 0.969. The lowest BCUT2D eigenvalue weighted by Gasteiger charge is -2.22. The molecule has 0 aromatic carbocycles. The number of hydrogen-bond donors (Lipinski definition) is 2. The van der Waals surface area contributed by atoms with Crippen molar-refractivity contribution >= 4 is 12.2 Å². The average Bonchev–Trinajstić information content (AvgIpc) is 2.17. The van der Waals surface area contributed by atoms with Gasteiger partial charge in [0.25, 0.3) is 0 Å². The summed E-state index contributed by atoms with van der Waals surface area (Å²) in [5.74, 6) is 0.0359. The molecule has 0 spiro atoms. The maximum Gasteiger partial charge on any atom is 0.408 e. The van der Waals surface area contributed by atoms with Gasteiger partial charge < -0.3 is 20.1 Å². The molecule has 0 aromatic heterocycles. The van der Waals surface area contributed by atoms with Crippen molar-refractivity contribution in [2.45, 2.75) is 33.9 Å². The van der Waals surface area contributed by atoms with E-state index in [1.165, 1.54) is 0 Å². The van der Waals surface area contributed by atoms with Crippen LogP contribution in [0.1, 0.15) is 27.7 Å². The third-order valence-electron chi connectivity index (χ3n) is 1.76. The zero-order valence-electron chi connectivity index (χ0n) is 10.2. The first kappa shape index (κ1) is 14.5. The normalized spacial score (nSPS) is 10.1. The molecule has 0 heterocycles. The smallest absolute Gasteiger partial charge is 0.408 e. The van der Waals surface area contributed by atoms with Crippen LogP contribution in [-0.2, 0) is 9.47 Å². The summed E-state index contributed by atoms with van der Waals surface area (Å²) in [7, 11) is 0. The van der Waals surface area contributed by atoms with E-state index in [0.717, 1.165) is 0 Å². The number of carbonyl (C=O) groups excluding carboxylic acids is 2. The Bertz CT molecular complexity index is 211. The fourth-order valence-electron chi connectivity index (χ4n) is 0.969. The number of rotatable bonds is 5. The second-order valence-corrected chi connectivity index (χ2v) is 3.45. The lowest BCUT2D eigenvalue weighted by Crippen LogP contribution is -2.51. The largest absolute Gasteiger partial charge is 0.450 e. The number of amides is 2. The van der Waals surface area contributed by atoms with Gasteiger partial charge >= 0.3 is 12.2 Å². The van der Waals surface area contributed by atoms with Gasteiger partial charge in [-0.3, -0.25) is 0 Å². The average molecular weight is 232 g/mol. The number of hydrogen-bond acceptors (Lipinski definition) is 4. The molecule has 6 nitrogen and oxygen atoms in total. The van der Waals surface area contributed by atoms with Gasteiger partial charge in [-0.25, -0.2) is 9.59 Å². The Kier molecular flexibility index (Phi) is 7.07. The maximum absolute atomic E-state index is 11.2. The van der Waals surface area contributed by atoms with Crippen LogP contribution in [0, 0.1) is 5.92 Å². The SMILES string of the molecule is CCOC(=O)NC(NC(=O)OCC)C(C)C. The van der Waals surface area contributed by atoms with Crippen molar-refractivity contribution in [1.29, 1.82) is 0 Å². The lowest BCUT2D eigenvalue weighted by atomic mass is 10.1. The highest BCUT2D eigenvalue weighted by Gasteiger charge is 2.19. The van der Waals surface area contributed by atoms with Crippen LogP contribution in [0.5, 0.6) is 0 Å². The van der Waals surface area contributed by atoms with E-state index < -0.39 is 18.4 Å². The van der Waals surface area contributed by atoms with Crippen molar-refractivity contribution in [3.05, 3.63) is 0 Å². The molecule has 94 valence electrons. The highest BCUT2D eigenvalue weighted by molar-refractivity contribution is 5.70. The van der Waals surface area contributed by atoms with Crippen molar-refractivity contribution in [1.82, 2.24) is 10.6 Å². The molecule has 6 heteroatoms. The van der Waals surface area contributed by atoms with Crippen LogP contribution in [0.4, 0.5) is 9.59 Å². The van der Waals surface area contributed by atoms with E-state index in [4.69, 9.17) is 9.47 Å². The van der Waals surface area contributed by atoms with Crippen LogP contribution in [-0.4, -0.2) is 31.6 Å². The Morgan fingerprint density at radius 1 is 1.00 bits per heavy atom. The van der Waals surface area contributed by atoms with E-state index in [0.29, 0.717) is 0 Å². The Morgan fingerprint density at radius 3 is 1.62 bits per heavy atom. The number of ether oxygens (including phenoxy) is 2. The van der Waals surface area contributed by atoms with Crippen molar-refractivity contribution in [3.8, 4) is 0 Å². The molecule has 0 saturated heterocycles. The van der Waals surface area contributed by atoms with Gasteiger partial charge in [0.15, 0.2) is 0 Å². The molecular formula is C10H20N2O4. The number of alkyl carbamates (subject to hydrolysis) is 2. The Morgan fingerprint density at radius 2 is 1.38 bits per heavy atom. The zero-order valence-corrected chi connectivity index (χ0v) is 10.2. The van der Waals surface area contributed by atoms with Crippen molar-refractivity contribution < 1.29 is 19.1 Å². The quantitative estimate of drug-likeness (QED) is 0.703. The molecule has 0 aliphatic carbocycles. The molecule has 2 amide bonds. The molecule has 0 saturated carbocycles. The molecule has 16 heavy (non-hydrogen) atoms. The molecule has 2 N–H and O–H groups in total. The van der Waals surface area contributed by atoms with E-state index in [1.54, 1.807) is 13.8 Å². The lowest BCUT2D eigenvalue weighted by molar-refractivity contribution is 0.129. The molecule has 0 radical (unpaired) electrons.